The Morgan fingerprint density at radius 1 is 0.913 bits per heavy atom. The Kier molecular flexibility index (Phi) is 2.84. The maximum absolute atomic E-state index is 13.5. The van der Waals surface area contributed by atoms with E-state index in [1.165, 1.54) is 22.9 Å². The van der Waals surface area contributed by atoms with E-state index in [4.69, 9.17) is 0 Å². The molecular formula is C16H9F3N4. The van der Waals surface area contributed by atoms with E-state index in [9.17, 15) is 13.2 Å². The highest BCUT2D eigenvalue weighted by Gasteiger charge is 2.34. The van der Waals surface area contributed by atoms with Gasteiger partial charge in [-0.1, -0.05) is 6.07 Å². The lowest BCUT2D eigenvalue weighted by Gasteiger charge is -2.13. The van der Waals surface area contributed by atoms with Crippen molar-refractivity contribution in [3.8, 4) is 11.4 Å². The summed E-state index contributed by atoms with van der Waals surface area (Å²) in [5.41, 5.74) is 0.564. The van der Waals surface area contributed by atoms with Gasteiger partial charge in [-0.3, -0.25) is 9.38 Å². The summed E-state index contributed by atoms with van der Waals surface area (Å²) < 4.78 is 41.9. The standard InChI is InChI=1S/C16H9F3N4/c17-16(18,19)11-9-13(12-3-1-2-6-20-12)22-15-10(11)4-5-14-21-7-8-23(14)15/h1-9H. The average molecular weight is 314 g/mol. The van der Waals surface area contributed by atoms with Gasteiger partial charge in [0.15, 0.2) is 0 Å². The molecule has 4 aromatic heterocycles. The molecule has 0 radical (unpaired) electrons. The highest BCUT2D eigenvalue weighted by atomic mass is 19.4. The van der Waals surface area contributed by atoms with Crippen molar-refractivity contribution in [1.29, 1.82) is 0 Å². The molecule has 0 aliphatic heterocycles. The van der Waals surface area contributed by atoms with E-state index in [-0.39, 0.29) is 16.7 Å². The lowest BCUT2D eigenvalue weighted by molar-refractivity contribution is -0.136. The molecule has 0 amide bonds. The zero-order valence-electron chi connectivity index (χ0n) is 11.6. The number of aromatic nitrogens is 4. The average Bonchev–Trinajstić information content (AvgIpc) is 3.02. The molecule has 0 aliphatic carbocycles. The fraction of sp³-hybridized carbons (Fsp3) is 0.0625. The van der Waals surface area contributed by atoms with Gasteiger partial charge < -0.3 is 0 Å². The molecule has 0 atom stereocenters. The monoisotopic (exact) mass is 314 g/mol. The van der Waals surface area contributed by atoms with Crippen LogP contribution >= 0.6 is 0 Å². The van der Waals surface area contributed by atoms with Gasteiger partial charge in [-0.25, -0.2) is 9.97 Å². The van der Waals surface area contributed by atoms with E-state index < -0.39 is 11.7 Å². The Morgan fingerprint density at radius 2 is 1.78 bits per heavy atom. The first kappa shape index (κ1) is 13.7. The van der Waals surface area contributed by atoms with Gasteiger partial charge in [0.2, 0.25) is 0 Å². The number of rotatable bonds is 1. The zero-order valence-corrected chi connectivity index (χ0v) is 11.6. The lowest BCUT2D eigenvalue weighted by atomic mass is 10.1. The van der Waals surface area contributed by atoms with Crippen LogP contribution in [0.25, 0.3) is 28.1 Å². The number of pyridine rings is 3. The second kappa shape index (κ2) is 4.77. The molecule has 7 heteroatoms. The molecule has 0 aromatic carbocycles. The maximum Gasteiger partial charge on any atom is 0.417 e. The molecule has 0 saturated heterocycles. The van der Waals surface area contributed by atoms with Crippen molar-refractivity contribution in [3.63, 3.8) is 0 Å². The van der Waals surface area contributed by atoms with Gasteiger partial charge >= 0.3 is 6.18 Å². The largest absolute Gasteiger partial charge is 0.417 e. The normalized spacial score (nSPS) is 12.1. The molecule has 23 heavy (non-hydrogen) atoms. The van der Waals surface area contributed by atoms with Crippen LogP contribution in [0.15, 0.2) is 55.0 Å². The van der Waals surface area contributed by atoms with Crippen LogP contribution in [-0.2, 0) is 6.18 Å². The Labute approximate surface area is 128 Å². The molecule has 0 spiro atoms. The molecule has 4 heterocycles. The minimum absolute atomic E-state index is 0.0303. The number of imidazole rings is 1. The number of fused-ring (bicyclic) bond motifs is 3. The van der Waals surface area contributed by atoms with Gasteiger partial charge in [-0.2, -0.15) is 13.2 Å². The summed E-state index contributed by atoms with van der Waals surface area (Å²) in [6.45, 7) is 0. The van der Waals surface area contributed by atoms with Gasteiger partial charge in [0.05, 0.1) is 17.0 Å². The van der Waals surface area contributed by atoms with Crippen molar-refractivity contribution >= 4 is 16.7 Å². The summed E-state index contributed by atoms with van der Waals surface area (Å²) in [7, 11) is 0. The van der Waals surface area contributed by atoms with Gasteiger partial charge in [0, 0.05) is 24.0 Å². The third-order valence-electron chi connectivity index (χ3n) is 3.57. The zero-order chi connectivity index (χ0) is 16.0. The molecule has 0 bridgehead atoms. The van der Waals surface area contributed by atoms with Crippen LogP contribution in [0.5, 0.6) is 0 Å². The number of alkyl halides is 3. The molecule has 4 rings (SSSR count). The minimum atomic E-state index is -4.49. The van der Waals surface area contributed by atoms with E-state index in [2.05, 4.69) is 15.0 Å². The van der Waals surface area contributed by atoms with Crippen molar-refractivity contribution in [2.45, 2.75) is 6.18 Å². The van der Waals surface area contributed by atoms with Crippen LogP contribution in [-0.4, -0.2) is 19.4 Å². The highest BCUT2D eigenvalue weighted by molar-refractivity contribution is 5.85. The number of hydrogen-bond acceptors (Lipinski definition) is 3. The van der Waals surface area contributed by atoms with Crippen molar-refractivity contribution in [2.75, 3.05) is 0 Å². The van der Waals surface area contributed by atoms with Gasteiger partial charge in [0.1, 0.15) is 11.3 Å². The quantitative estimate of drug-likeness (QED) is 0.534. The van der Waals surface area contributed by atoms with E-state index in [1.807, 2.05) is 0 Å². The Bertz CT molecular complexity index is 1010. The van der Waals surface area contributed by atoms with Crippen molar-refractivity contribution < 1.29 is 13.2 Å². The summed E-state index contributed by atoms with van der Waals surface area (Å²) in [6.07, 6.45) is 0.148. The van der Waals surface area contributed by atoms with Crippen LogP contribution in [0.1, 0.15) is 5.56 Å². The maximum atomic E-state index is 13.5. The number of halogens is 3. The van der Waals surface area contributed by atoms with Crippen LogP contribution in [0.4, 0.5) is 13.2 Å². The summed E-state index contributed by atoms with van der Waals surface area (Å²) in [6, 6.07) is 9.01. The second-order valence-electron chi connectivity index (χ2n) is 4.99. The van der Waals surface area contributed by atoms with Crippen molar-refractivity contribution in [2.24, 2.45) is 0 Å². The topological polar surface area (TPSA) is 43.1 Å². The number of hydrogen-bond donors (Lipinski definition) is 0. The Hall–Kier alpha value is -2.96. The Morgan fingerprint density at radius 3 is 2.52 bits per heavy atom. The molecule has 4 nitrogen and oxygen atoms in total. The number of nitrogens with zero attached hydrogens (tertiary/aromatic N) is 4. The molecule has 0 N–H and O–H groups in total. The van der Waals surface area contributed by atoms with Crippen LogP contribution in [0.2, 0.25) is 0 Å². The third-order valence-corrected chi connectivity index (χ3v) is 3.57. The third kappa shape index (κ3) is 2.21. The molecule has 0 fully saturated rings. The van der Waals surface area contributed by atoms with Crippen molar-refractivity contribution in [3.05, 3.63) is 60.6 Å². The molecule has 4 aromatic rings. The fourth-order valence-electron chi connectivity index (χ4n) is 2.54. The molecule has 114 valence electrons. The van der Waals surface area contributed by atoms with E-state index in [1.54, 1.807) is 30.5 Å². The first-order valence-corrected chi connectivity index (χ1v) is 6.79. The van der Waals surface area contributed by atoms with Crippen LogP contribution < -0.4 is 0 Å². The molecule has 0 saturated carbocycles. The van der Waals surface area contributed by atoms with Crippen molar-refractivity contribution in [1.82, 2.24) is 19.4 Å². The summed E-state index contributed by atoms with van der Waals surface area (Å²) in [5, 5.41) is 0.0303. The summed E-state index contributed by atoms with van der Waals surface area (Å²) in [4.78, 5) is 12.6. The minimum Gasteiger partial charge on any atom is -0.284 e. The fourth-order valence-corrected chi connectivity index (χ4v) is 2.54. The van der Waals surface area contributed by atoms with Gasteiger partial charge in [-0.05, 0) is 30.3 Å². The van der Waals surface area contributed by atoms with Gasteiger partial charge in [0.25, 0.3) is 0 Å². The van der Waals surface area contributed by atoms with E-state index >= 15 is 0 Å². The predicted molar refractivity (Wildman–Crippen MR) is 78.7 cm³/mol. The Balaban J connectivity index is 2.13. The van der Waals surface area contributed by atoms with Crippen LogP contribution in [0.3, 0.4) is 0 Å². The SMILES string of the molecule is FC(F)(F)c1cc(-c2ccccn2)nc2c1ccc1nccn12. The summed E-state index contributed by atoms with van der Waals surface area (Å²) in [5.74, 6) is 0. The highest BCUT2D eigenvalue weighted by Crippen LogP contribution is 2.36. The summed E-state index contributed by atoms with van der Waals surface area (Å²) >= 11 is 0. The molecule has 0 aliphatic rings. The second-order valence-corrected chi connectivity index (χ2v) is 4.99. The van der Waals surface area contributed by atoms with Crippen LogP contribution in [0, 0.1) is 0 Å². The lowest BCUT2D eigenvalue weighted by Crippen LogP contribution is -2.08. The van der Waals surface area contributed by atoms with Gasteiger partial charge in [-0.15, -0.1) is 0 Å². The van der Waals surface area contributed by atoms with E-state index in [0.29, 0.717) is 11.3 Å². The predicted octanol–water partition coefficient (Wildman–Crippen LogP) is 3.96. The molecular weight excluding hydrogens is 305 g/mol. The first-order valence-electron chi connectivity index (χ1n) is 6.79. The smallest absolute Gasteiger partial charge is 0.284 e. The van der Waals surface area contributed by atoms with E-state index in [0.717, 1.165) is 6.07 Å². The first-order chi connectivity index (χ1) is 11.0. The molecule has 0 unspecified atom stereocenters.